The molecule has 0 aliphatic heterocycles. The Bertz CT molecular complexity index is 429. The molecule has 110 valence electrons. The molecular weight excluding hydrogens is 250 g/mol. The lowest BCUT2D eigenvalue weighted by Crippen LogP contribution is -2.33. The van der Waals surface area contributed by atoms with Crippen molar-refractivity contribution in [2.24, 2.45) is 16.6 Å². The molecule has 1 aromatic rings. The van der Waals surface area contributed by atoms with E-state index in [9.17, 15) is 0 Å². The van der Waals surface area contributed by atoms with Crippen LogP contribution in [-0.4, -0.2) is 25.7 Å². The molecule has 0 spiro atoms. The van der Waals surface area contributed by atoms with E-state index < -0.39 is 0 Å². The Morgan fingerprint density at radius 2 is 2.10 bits per heavy atom. The van der Waals surface area contributed by atoms with Crippen molar-refractivity contribution in [2.75, 3.05) is 19.7 Å². The molecule has 20 heavy (non-hydrogen) atoms. The summed E-state index contributed by atoms with van der Waals surface area (Å²) in [7, 11) is 0. The van der Waals surface area contributed by atoms with Gasteiger partial charge in [-0.05, 0) is 18.4 Å². The van der Waals surface area contributed by atoms with Gasteiger partial charge in [-0.1, -0.05) is 49.4 Å². The van der Waals surface area contributed by atoms with E-state index >= 15 is 0 Å². The number of guanidine groups is 1. The number of aliphatic imine (C=N–C) groups is 1. The van der Waals surface area contributed by atoms with Crippen LogP contribution in [0.1, 0.15) is 19.4 Å². The van der Waals surface area contributed by atoms with Gasteiger partial charge in [-0.2, -0.15) is 0 Å². The Hall–Kier alpha value is -1.81. The van der Waals surface area contributed by atoms with E-state index in [2.05, 4.69) is 35.9 Å². The fraction of sp³-hybridized carbons (Fsp3) is 0.438. The molecule has 0 bridgehead atoms. The number of rotatable bonds is 8. The molecule has 1 aromatic carbocycles. The monoisotopic (exact) mass is 275 g/mol. The first-order valence-corrected chi connectivity index (χ1v) is 6.87. The molecule has 1 unspecified atom stereocenters. The number of nitrogens with one attached hydrogen (secondary N) is 1. The summed E-state index contributed by atoms with van der Waals surface area (Å²) in [6.07, 6.45) is 0. The smallest absolute Gasteiger partial charge is 0.188 e. The fourth-order valence-corrected chi connectivity index (χ4v) is 1.56. The molecule has 0 radical (unpaired) electrons. The molecular formula is C16H25N3O. The van der Waals surface area contributed by atoms with Crippen LogP contribution in [0.25, 0.3) is 0 Å². The normalized spacial score (nSPS) is 13.0. The largest absolute Gasteiger partial charge is 0.376 e. The van der Waals surface area contributed by atoms with Gasteiger partial charge in [0.05, 0.1) is 13.2 Å². The fourth-order valence-electron chi connectivity index (χ4n) is 1.56. The van der Waals surface area contributed by atoms with Crippen LogP contribution in [0, 0.1) is 5.92 Å². The molecule has 4 nitrogen and oxygen atoms in total. The van der Waals surface area contributed by atoms with Crippen molar-refractivity contribution >= 4 is 5.96 Å². The highest BCUT2D eigenvalue weighted by Gasteiger charge is 2.02. The minimum atomic E-state index is 0.337. The van der Waals surface area contributed by atoms with E-state index in [1.165, 1.54) is 5.56 Å². The van der Waals surface area contributed by atoms with Crippen LogP contribution in [-0.2, 0) is 11.3 Å². The van der Waals surface area contributed by atoms with E-state index in [-0.39, 0.29) is 0 Å². The average Bonchev–Trinajstić information content (AvgIpc) is 2.44. The van der Waals surface area contributed by atoms with Gasteiger partial charge in [0, 0.05) is 13.1 Å². The lowest BCUT2D eigenvalue weighted by atomic mass is 10.2. The Balaban J connectivity index is 2.18. The second kappa shape index (κ2) is 9.15. The maximum atomic E-state index is 5.75. The summed E-state index contributed by atoms with van der Waals surface area (Å²) in [6.45, 7) is 10.5. The molecule has 0 heterocycles. The molecule has 0 aromatic heterocycles. The van der Waals surface area contributed by atoms with Crippen LogP contribution in [0.15, 0.2) is 47.5 Å². The SMILES string of the molecule is C=C(C)CNC(N)=NCC(C)COCc1ccccc1. The van der Waals surface area contributed by atoms with Crippen molar-refractivity contribution < 1.29 is 4.74 Å². The van der Waals surface area contributed by atoms with Gasteiger partial charge in [0.25, 0.3) is 0 Å². The zero-order valence-corrected chi connectivity index (χ0v) is 12.4. The lowest BCUT2D eigenvalue weighted by Gasteiger charge is -2.11. The number of hydrogen-bond acceptors (Lipinski definition) is 2. The first-order chi connectivity index (χ1) is 9.58. The Morgan fingerprint density at radius 1 is 1.40 bits per heavy atom. The van der Waals surface area contributed by atoms with Gasteiger partial charge in [0.15, 0.2) is 5.96 Å². The standard InChI is InChI=1S/C16H25N3O/c1-13(2)9-18-16(17)19-10-14(3)11-20-12-15-7-5-4-6-8-15/h4-8,14H,1,9-12H2,2-3H3,(H3,17,18,19). The Labute approximate surface area is 121 Å². The molecule has 1 rings (SSSR count). The minimum Gasteiger partial charge on any atom is -0.376 e. The molecule has 0 saturated heterocycles. The summed E-state index contributed by atoms with van der Waals surface area (Å²) < 4.78 is 5.67. The summed E-state index contributed by atoms with van der Waals surface area (Å²) in [6, 6.07) is 10.1. The zero-order valence-electron chi connectivity index (χ0n) is 12.4. The van der Waals surface area contributed by atoms with Crippen LogP contribution in [0.3, 0.4) is 0 Å². The first kappa shape index (κ1) is 16.2. The predicted molar refractivity (Wildman–Crippen MR) is 84.6 cm³/mol. The molecule has 3 N–H and O–H groups in total. The van der Waals surface area contributed by atoms with Gasteiger partial charge in [-0.25, -0.2) is 0 Å². The van der Waals surface area contributed by atoms with E-state index in [0.29, 0.717) is 38.2 Å². The lowest BCUT2D eigenvalue weighted by molar-refractivity contribution is 0.0945. The molecule has 0 saturated carbocycles. The number of nitrogens with two attached hydrogens (primary N) is 1. The van der Waals surface area contributed by atoms with Gasteiger partial charge in [0.2, 0.25) is 0 Å². The topological polar surface area (TPSA) is 59.6 Å². The summed E-state index contributed by atoms with van der Waals surface area (Å²) >= 11 is 0. The molecule has 0 fully saturated rings. The van der Waals surface area contributed by atoms with E-state index in [1.54, 1.807) is 0 Å². The third-order valence-electron chi connectivity index (χ3n) is 2.66. The highest BCUT2D eigenvalue weighted by atomic mass is 16.5. The van der Waals surface area contributed by atoms with Crippen molar-refractivity contribution in [3.05, 3.63) is 48.0 Å². The molecule has 0 aliphatic rings. The molecule has 0 aliphatic carbocycles. The van der Waals surface area contributed by atoms with Crippen molar-refractivity contribution in [1.29, 1.82) is 0 Å². The van der Waals surface area contributed by atoms with Gasteiger partial charge in [0.1, 0.15) is 0 Å². The Morgan fingerprint density at radius 3 is 2.75 bits per heavy atom. The Kier molecular flexibility index (Phi) is 7.43. The summed E-state index contributed by atoms with van der Waals surface area (Å²) in [4.78, 5) is 4.28. The third kappa shape index (κ3) is 7.59. The van der Waals surface area contributed by atoms with Crippen LogP contribution in [0.2, 0.25) is 0 Å². The van der Waals surface area contributed by atoms with Gasteiger partial charge < -0.3 is 15.8 Å². The quantitative estimate of drug-likeness (QED) is 0.435. The highest BCUT2D eigenvalue weighted by molar-refractivity contribution is 5.78. The van der Waals surface area contributed by atoms with Crippen LogP contribution in [0.4, 0.5) is 0 Å². The van der Waals surface area contributed by atoms with Crippen molar-refractivity contribution in [3.8, 4) is 0 Å². The zero-order chi connectivity index (χ0) is 14.8. The number of ether oxygens (including phenoxy) is 1. The highest BCUT2D eigenvalue weighted by Crippen LogP contribution is 2.03. The second-order valence-corrected chi connectivity index (χ2v) is 5.14. The van der Waals surface area contributed by atoms with Crippen LogP contribution in [0.5, 0.6) is 0 Å². The predicted octanol–water partition coefficient (Wildman–Crippen LogP) is 2.32. The number of nitrogens with zero attached hydrogens (tertiary/aromatic N) is 1. The van der Waals surface area contributed by atoms with Crippen LogP contribution >= 0.6 is 0 Å². The third-order valence-corrected chi connectivity index (χ3v) is 2.66. The van der Waals surface area contributed by atoms with E-state index in [4.69, 9.17) is 10.5 Å². The van der Waals surface area contributed by atoms with Crippen molar-refractivity contribution in [3.63, 3.8) is 0 Å². The summed E-state index contributed by atoms with van der Waals surface area (Å²) in [5.41, 5.74) is 7.96. The molecule has 0 amide bonds. The van der Waals surface area contributed by atoms with Gasteiger partial charge >= 0.3 is 0 Å². The van der Waals surface area contributed by atoms with E-state index in [1.807, 2.05) is 25.1 Å². The molecule has 4 heteroatoms. The number of benzene rings is 1. The molecule has 1 atom stereocenters. The minimum absolute atomic E-state index is 0.337. The van der Waals surface area contributed by atoms with Gasteiger partial charge in [-0.15, -0.1) is 0 Å². The second-order valence-electron chi connectivity index (χ2n) is 5.14. The maximum absolute atomic E-state index is 5.75. The van der Waals surface area contributed by atoms with Crippen LogP contribution < -0.4 is 11.1 Å². The van der Waals surface area contributed by atoms with Gasteiger partial charge in [-0.3, -0.25) is 4.99 Å². The summed E-state index contributed by atoms with van der Waals surface area (Å²) in [5, 5.41) is 3.01. The number of hydrogen-bond donors (Lipinski definition) is 2. The maximum Gasteiger partial charge on any atom is 0.188 e. The van der Waals surface area contributed by atoms with Crippen molar-refractivity contribution in [1.82, 2.24) is 5.32 Å². The first-order valence-electron chi connectivity index (χ1n) is 6.87. The van der Waals surface area contributed by atoms with E-state index in [0.717, 1.165) is 5.57 Å². The average molecular weight is 275 g/mol. The summed E-state index contributed by atoms with van der Waals surface area (Å²) in [5.74, 6) is 0.798. The van der Waals surface area contributed by atoms with Crippen molar-refractivity contribution in [2.45, 2.75) is 20.5 Å².